The second-order valence-electron chi connectivity index (χ2n) is 12.4. The summed E-state index contributed by atoms with van der Waals surface area (Å²) in [5, 5.41) is 3.21. The fraction of sp³-hybridized carbons (Fsp3) is 0.343. The molecule has 10 nitrogen and oxygen atoms in total. The van der Waals surface area contributed by atoms with Gasteiger partial charge in [0.1, 0.15) is 18.8 Å². The summed E-state index contributed by atoms with van der Waals surface area (Å²) in [4.78, 5) is 43.0. The maximum Gasteiger partial charge on any atom is 0.247 e. The third-order valence-electron chi connectivity index (χ3n) is 9.19. The number of carbonyl (C=O) groups is 3. The zero-order valence-electron chi connectivity index (χ0n) is 26.9. The van der Waals surface area contributed by atoms with Crippen LogP contribution in [0.25, 0.3) is 22.0 Å². The number of aryl methyl sites for hydroxylation is 1. The predicted octanol–water partition coefficient (Wildman–Crippen LogP) is 4.62. The maximum absolute atomic E-state index is 15.6. The van der Waals surface area contributed by atoms with Gasteiger partial charge in [0.15, 0.2) is 11.6 Å². The third-order valence-corrected chi connectivity index (χ3v) is 10.5. The molecule has 4 aromatic rings. The molecule has 2 saturated heterocycles. The maximum atomic E-state index is 15.6. The van der Waals surface area contributed by atoms with Gasteiger partial charge in [-0.25, -0.2) is 17.2 Å². The summed E-state index contributed by atoms with van der Waals surface area (Å²) in [5.41, 5.74) is 3.62. The molecule has 1 aromatic heterocycles. The molecule has 13 heteroatoms. The Morgan fingerprint density at radius 3 is 2.35 bits per heavy atom. The fourth-order valence-corrected chi connectivity index (χ4v) is 7.47. The number of hydrogen-bond donors (Lipinski definition) is 1. The highest BCUT2D eigenvalue weighted by Gasteiger charge is 2.40. The lowest BCUT2D eigenvalue weighted by molar-refractivity contribution is -0.137. The number of rotatable bonds is 8. The van der Waals surface area contributed by atoms with Crippen LogP contribution in [0.15, 0.2) is 66.9 Å². The van der Waals surface area contributed by atoms with Crippen molar-refractivity contribution in [3.63, 3.8) is 0 Å². The zero-order valence-corrected chi connectivity index (χ0v) is 27.8. The summed E-state index contributed by atoms with van der Waals surface area (Å²) in [6, 6.07) is 16.3. The summed E-state index contributed by atoms with van der Waals surface area (Å²) in [7, 11) is -3.29. The normalized spacial score (nSPS) is 18.8. The number of amides is 2. The van der Waals surface area contributed by atoms with Crippen molar-refractivity contribution >= 4 is 49.9 Å². The number of benzene rings is 3. The van der Waals surface area contributed by atoms with Gasteiger partial charge in [-0.1, -0.05) is 36.4 Å². The van der Waals surface area contributed by atoms with E-state index in [4.69, 9.17) is 0 Å². The molecular formula is C35H37F2N5O5S. The summed E-state index contributed by atoms with van der Waals surface area (Å²) < 4.78 is 57.3. The Hall–Kier alpha value is -4.62. The smallest absolute Gasteiger partial charge is 0.247 e. The highest BCUT2D eigenvalue weighted by molar-refractivity contribution is 7.88. The number of aromatic nitrogens is 1. The molecule has 6 rings (SSSR count). The molecule has 3 aromatic carbocycles. The van der Waals surface area contributed by atoms with E-state index in [1.165, 1.54) is 28.5 Å². The van der Waals surface area contributed by atoms with Crippen LogP contribution in [-0.4, -0.2) is 91.0 Å². The zero-order chi connectivity index (χ0) is 34.3. The Morgan fingerprint density at radius 1 is 0.958 bits per heavy atom. The quantitative estimate of drug-likeness (QED) is 0.273. The van der Waals surface area contributed by atoms with Crippen LogP contribution in [0, 0.1) is 12.7 Å². The number of anilines is 2. The highest BCUT2D eigenvalue weighted by atomic mass is 32.2. The average Bonchev–Trinajstić information content (AvgIpc) is 3.62. The SMILES string of the molecule is CC(=O)c1cn(CC(=O)N2C[C@H](F)C[C@H]2C(=O)Nc2cccc(-c3ccccc3C)c2F)c2ccc(N3CCN(S(C)(=O)=O)CC3)cc12. The van der Waals surface area contributed by atoms with Gasteiger partial charge in [0.25, 0.3) is 0 Å². The molecule has 252 valence electrons. The molecule has 0 unspecified atom stereocenters. The molecule has 2 atom stereocenters. The standard InChI is InChI=1S/C35H37F2N5O5S/c1-22-7-4-5-8-26(22)27-9-6-10-30(34(27)37)38-35(45)32-17-24(36)19-42(32)33(44)21-40-20-29(23(2)43)28-18-25(11-12-31(28)40)39-13-15-41(16-14-39)48(3,46)47/h4-12,18,20,24,32H,13-17,19,21H2,1-3H3,(H,38,45)/t24-,32+/m1/s1. The Labute approximate surface area is 278 Å². The predicted molar refractivity (Wildman–Crippen MR) is 181 cm³/mol. The molecule has 0 radical (unpaired) electrons. The number of alkyl halides is 1. The Balaban J connectivity index is 1.21. The number of nitrogens with zero attached hydrogens (tertiary/aromatic N) is 4. The van der Waals surface area contributed by atoms with Gasteiger partial charge in [0, 0.05) is 66.5 Å². The molecule has 2 fully saturated rings. The largest absolute Gasteiger partial charge is 0.369 e. The first-order chi connectivity index (χ1) is 22.8. The summed E-state index contributed by atoms with van der Waals surface area (Å²) >= 11 is 0. The van der Waals surface area contributed by atoms with Crippen LogP contribution in [0.3, 0.4) is 0 Å². The Morgan fingerprint density at radius 2 is 1.67 bits per heavy atom. The molecule has 3 heterocycles. The number of carbonyl (C=O) groups excluding carboxylic acids is 3. The summed E-state index contributed by atoms with van der Waals surface area (Å²) in [6.07, 6.45) is 1.11. The lowest BCUT2D eigenvalue weighted by Gasteiger charge is -2.34. The van der Waals surface area contributed by atoms with E-state index in [9.17, 15) is 27.2 Å². The lowest BCUT2D eigenvalue weighted by atomic mass is 9.99. The number of Topliss-reactive ketones (excluding diaryl/α,β-unsaturated/α-hetero) is 1. The molecular weight excluding hydrogens is 640 g/mol. The van der Waals surface area contributed by atoms with Crippen LogP contribution >= 0.6 is 0 Å². The minimum Gasteiger partial charge on any atom is -0.369 e. The van der Waals surface area contributed by atoms with Crippen LogP contribution < -0.4 is 10.2 Å². The first kappa shape index (κ1) is 33.3. The topological polar surface area (TPSA) is 112 Å². The minimum absolute atomic E-state index is 0.0634. The van der Waals surface area contributed by atoms with Gasteiger partial charge < -0.3 is 19.7 Å². The van der Waals surface area contributed by atoms with E-state index in [0.29, 0.717) is 53.8 Å². The molecule has 2 amide bonds. The first-order valence-electron chi connectivity index (χ1n) is 15.7. The van der Waals surface area contributed by atoms with Crippen LogP contribution in [0.1, 0.15) is 29.3 Å². The van der Waals surface area contributed by atoms with Crippen LogP contribution in [0.5, 0.6) is 0 Å². The number of nitrogens with one attached hydrogen (secondary N) is 1. The Bertz CT molecular complexity index is 2020. The highest BCUT2D eigenvalue weighted by Crippen LogP contribution is 2.32. The molecule has 2 aliphatic heterocycles. The van der Waals surface area contributed by atoms with Crippen molar-refractivity contribution in [3.05, 3.63) is 83.8 Å². The summed E-state index contributed by atoms with van der Waals surface area (Å²) in [5.74, 6) is -2.04. The third kappa shape index (κ3) is 6.56. The van der Waals surface area contributed by atoms with E-state index in [1.54, 1.807) is 41.1 Å². The summed E-state index contributed by atoms with van der Waals surface area (Å²) in [6.45, 7) is 4.41. The van der Waals surface area contributed by atoms with Gasteiger partial charge in [-0.15, -0.1) is 0 Å². The number of sulfonamides is 1. The van der Waals surface area contributed by atoms with Crippen molar-refractivity contribution in [3.8, 4) is 11.1 Å². The van der Waals surface area contributed by atoms with Crippen molar-refractivity contribution in [2.45, 2.75) is 39.0 Å². The molecule has 48 heavy (non-hydrogen) atoms. The number of fused-ring (bicyclic) bond motifs is 1. The van der Waals surface area contributed by atoms with Gasteiger partial charge >= 0.3 is 0 Å². The van der Waals surface area contributed by atoms with E-state index < -0.39 is 39.9 Å². The first-order valence-corrected chi connectivity index (χ1v) is 17.6. The van der Waals surface area contributed by atoms with Crippen molar-refractivity contribution < 1.29 is 31.6 Å². The van der Waals surface area contributed by atoms with Gasteiger partial charge in [0.2, 0.25) is 21.8 Å². The van der Waals surface area contributed by atoms with Gasteiger partial charge in [0.05, 0.1) is 18.5 Å². The molecule has 1 N–H and O–H groups in total. The van der Waals surface area contributed by atoms with Crippen molar-refractivity contribution in [2.75, 3.05) is 49.2 Å². The van der Waals surface area contributed by atoms with Crippen LogP contribution in [-0.2, 0) is 26.2 Å². The number of likely N-dealkylation sites (tertiary alicyclic amines) is 1. The molecule has 0 saturated carbocycles. The van der Waals surface area contributed by atoms with Crippen molar-refractivity contribution in [1.82, 2.24) is 13.8 Å². The lowest BCUT2D eigenvalue weighted by Crippen LogP contribution is -2.48. The monoisotopic (exact) mass is 677 g/mol. The minimum atomic E-state index is -3.29. The molecule has 0 spiro atoms. The van der Waals surface area contributed by atoms with Crippen molar-refractivity contribution in [2.24, 2.45) is 0 Å². The van der Waals surface area contributed by atoms with E-state index in [2.05, 4.69) is 5.32 Å². The fourth-order valence-electron chi connectivity index (χ4n) is 6.64. The number of hydrogen-bond acceptors (Lipinski definition) is 6. The second kappa shape index (κ2) is 13.1. The second-order valence-corrected chi connectivity index (χ2v) is 14.4. The van der Waals surface area contributed by atoms with E-state index >= 15 is 4.39 Å². The average molecular weight is 678 g/mol. The van der Waals surface area contributed by atoms with Crippen molar-refractivity contribution in [1.29, 1.82) is 0 Å². The number of ketones is 1. The van der Waals surface area contributed by atoms with Gasteiger partial charge in [-0.3, -0.25) is 14.4 Å². The van der Waals surface area contributed by atoms with Crippen LogP contribution in [0.2, 0.25) is 0 Å². The van der Waals surface area contributed by atoms with Gasteiger partial charge in [-0.2, -0.15) is 4.31 Å². The van der Waals surface area contributed by atoms with Crippen LogP contribution in [0.4, 0.5) is 20.2 Å². The Kier molecular flexibility index (Phi) is 9.10. The molecule has 0 aliphatic carbocycles. The number of piperazine rings is 1. The van der Waals surface area contributed by atoms with E-state index in [1.807, 2.05) is 36.1 Å². The van der Waals surface area contributed by atoms with Gasteiger partial charge in [-0.05, 0) is 49.2 Å². The molecule has 2 aliphatic rings. The van der Waals surface area contributed by atoms with E-state index in [0.717, 1.165) is 11.3 Å². The molecule has 0 bridgehead atoms. The van der Waals surface area contributed by atoms with E-state index in [-0.39, 0.29) is 31.0 Å². The number of halogens is 2.